The van der Waals surface area contributed by atoms with Gasteiger partial charge in [-0.25, -0.2) is 9.97 Å². The first kappa shape index (κ1) is 16.1. The van der Waals surface area contributed by atoms with E-state index in [4.69, 9.17) is 0 Å². The van der Waals surface area contributed by atoms with Crippen LogP contribution in [0.2, 0.25) is 0 Å². The molecule has 0 N–H and O–H groups in total. The van der Waals surface area contributed by atoms with E-state index in [1.165, 1.54) is 5.56 Å². The molecule has 2 aliphatic rings. The summed E-state index contributed by atoms with van der Waals surface area (Å²) in [5, 5.41) is 0. The molecular weight excluding hydrogens is 312 g/mol. The third-order valence-electron chi connectivity index (χ3n) is 5.33. The molecule has 2 aromatic rings. The van der Waals surface area contributed by atoms with Crippen LogP contribution in [0.1, 0.15) is 37.3 Å². The lowest BCUT2D eigenvalue weighted by Crippen LogP contribution is -2.45. The predicted molar refractivity (Wildman–Crippen MR) is 97.1 cm³/mol. The monoisotopic (exact) mass is 336 g/mol. The van der Waals surface area contributed by atoms with Gasteiger partial charge >= 0.3 is 0 Å². The van der Waals surface area contributed by atoms with Gasteiger partial charge in [0.2, 0.25) is 11.9 Å². The number of hydrogen-bond acceptors (Lipinski definition) is 4. The Kier molecular flexibility index (Phi) is 4.63. The van der Waals surface area contributed by atoms with E-state index >= 15 is 0 Å². The Bertz CT molecular complexity index is 706. The van der Waals surface area contributed by atoms with Crippen molar-refractivity contribution in [1.82, 2.24) is 14.9 Å². The van der Waals surface area contributed by atoms with Crippen LogP contribution in [0.4, 0.5) is 5.95 Å². The highest BCUT2D eigenvalue weighted by Crippen LogP contribution is 2.34. The van der Waals surface area contributed by atoms with Crippen molar-refractivity contribution in [3.8, 4) is 0 Å². The second kappa shape index (κ2) is 7.21. The quantitative estimate of drug-likeness (QED) is 0.864. The Hall–Kier alpha value is -2.43. The number of likely N-dealkylation sites (tertiary alicyclic amines) is 1. The summed E-state index contributed by atoms with van der Waals surface area (Å²) in [5.41, 5.74) is 1.26. The van der Waals surface area contributed by atoms with Crippen molar-refractivity contribution in [2.45, 2.75) is 31.7 Å². The van der Waals surface area contributed by atoms with Gasteiger partial charge in [-0.1, -0.05) is 30.3 Å². The van der Waals surface area contributed by atoms with Crippen LogP contribution in [0.5, 0.6) is 0 Å². The molecule has 1 aromatic carbocycles. The summed E-state index contributed by atoms with van der Waals surface area (Å²) in [7, 11) is 0. The van der Waals surface area contributed by atoms with Crippen LogP contribution in [0.25, 0.3) is 0 Å². The van der Waals surface area contributed by atoms with Crippen molar-refractivity contribution in [3.05, 3.63) is 54.4 Å². The zero-order valence-electron chi connectivity index (χ0n) is 14.4. The lowest BCUT2D eigenvalue weighted by atomic mass is 9.95. The molecule has 1 amide bonds. The maximum Gasteiger partial charge on any atom is 0.227 e. The van der Waals surface area contributed by atoms with Crippen molar-refractivity contribution in [2.24, 2.45) is 5.92 Å². The summed E-state index contributed by atoms with van der Waals surface area (Å²) in [6.45, 7) is 2.52. The maximum absolute atomic E-state index is 13.2. The average molecular weight is 336 g/mol. The maximum atomic E-state index is 13.2. The summed E-state index contributed by atoms with van der Waals surface area (Å²) in [5.74, 6) is 1.08. The van der Waals surface area contributed by atoms with Crippen molar-refractivity contribution in [2.75, 3.05) is 24.5 Å². The Morgan fingerprint density at radius 2 is 1.72 bits per heavy atom. The first-order chi connectivity index (χ1) is 12.3. The molecular formula is C20H24N4O. The Morgan fingerprint density at radius 3 is 2.52 bits per heavy atom. The topological polar surface area (TPSA) is 49.3 Å². The van der Waals surface area contributed by atoms with E-state index in [0.717, 1.165) is 51.3 Å². The van der Waals surface area contributed by atoms with E-state index in [9.17, 15) is 4.79 Å². The molecule has 5 nitrogen and oxygen atoms in total. The molecule has 25 heavy (non-hydrogen) atoms. The molecule has 0 spiro atoms. The number of carbonyl (C=O) groups excluding carboxylic acids is 1. The number of carbonyl (C=O) groups is 1. The minimum Gasteiger partial charge on any atom is -0.340 e. The van der Waals surface area contributed by atoms with Gasteiger partial charge in [-0.05, 0) is 37.3 Å². The molecule has 130 valence electrons. The van der Waals surface area contributed by atoms with Gasteiger partial charge in [-0.3, -0.25) is 4.79 Å². The molecule has 0 saturated carbocycles. The Morgan fingerprint density at radius 1 is 0.960 bits per heavy atom. The van der Waals surface area contributed by atoms with Crippen LogP contribution in [-0.4, -0.2) is 40.4 Å². The first-order valence-corrected chi connectivity index (χ1v) is 9.20. The third-order valence-corrected chi connectivity index (χ3v) is 5.33. The van der Waals surface area contributed by atoms with Crippen molar-refractivity contribution in [3.63, 3.8) is 0 Å². The normalized spacial score (nSPS) is 23.7. The summed E-state index contributed by atoms with van der Waals surface area (Å²) >= 11 is 0. The predicted octanol–water partition coefficient (Wildman–Crippen LogP) is 3.06. The summed E-state index contributed by atoms with van der Waals surface area (Å²) in [6, 6.07) is 12.5. The van der Waals surface area contributed by atoms with Gasteiger partial charge in [0.25, 0.3) is 0 Å². The van der Waals surface area contributed by atoms with E-state index in [2.05, 4.69) is 44.0 Å². The molecule has 2 fully saturated rings. The highest BCUT2D eigenvalue weighted by atomic mass is 16.2. The lowest BCUT2D eigenvalue weighted by Gasteiger charge is -2.35. The molecule has 4 rings (SSSR count). The van der Waals surface area contributed by atoms with Gasteiger partial charge < -0.3 is 9.80 Å². The molecule has 0 radical (unpaired) electrons. The number of anilines is 1. The largest absolute Gasteiger partial charge is 0.340 e. The van der Waals surface area contributed by atoms with E-state index in [0.29, 0.717) is 5.91 Å². The molecule has 1 aromatic heterocycles. The van der Waals surface area contributed by atoms with Gasteiger partial charge in [0.1, 0.15) is 0 Å². The van der Waals surface area contributed by atoms with Gasteiger partial charge in [0.05, 0.1) is 12.0 Å². The smallest absolute Gasteiger partial charge is 0.227 e. The van der Waals surface area contributed by atoms with Crippen LogP contribution >= 0.6 is 0 Å². The molecule has 5 heteroatoms. The number of piperidine rings is 1. The van der Waals surface area contributed by atoms with Crippen LogP contribution in [0.15, 0.2) is 48.8 Å². The van der Waals surface area contributed by atoms with Crippen molar-refractivity contribution < 1.29 is 4.79 Å². The van der Waals surface area contributed by atoms with Crippen LogP contribution in [0.3, 0.4) is 0 Å². The minimum atomic E-state index is 0.0434. The fourth-order valence-electron chi connectivity index (χ4n) is 4.10. The van der Waals surface area contributed by atoms with Gasteiger partial charge in [-0.2, -0.15) is 0 Å². The summed E-state index contributed by atoms with van der Waals surface area (Å²) < 4.78 is 0. The Labute approximate surface area is 148 Å². The average Bonchev–Trinajstić information content (AvgIpc) is 3.19. The van der Waals surface area contributed by atoms with Crippen LogP contribution in [0, 0.1) is 5.92 Å². The van der Waals surface area contributed by atoms with Crippen LogP contribution in [-0.2, 0) is 4.79 Å². The zero-order chi connectivity index (χ0) is 17.1. The zero-order valence-corrected chi connectivity index (χ0v) is 14.4. The fourth-order valence-corrected chi connectivity index (χ4v) is 4.10. The summed E-state index contributed by atoms with van der Waals surface area (Å²) in [4.78, 5) is 26.2. The minimum absolute atomic E-state index is 0.0434. The molecule has 2 atom stereocenters. The number of amides is 1. The van der Waals surface area contributed by atoms with Crippen molar-refractivity contribution >= 4 is 11.9 Å². The number of benzene rings is 1. The highest BCUT2D eigenvalue weighted by Gasteiger charge is 2.36. The second-order valence-corrected chi connectivity index (χ2v) is 6.93. The van der Waals surface area contributed by atoms with E-state index in [-0.39, 0.29) is 12.0 Å². The number of rotatable bonds is 3. The van der Waals surface area contributed by atoms with E-state index in [1.807, 2.05) is 12.1 Å². The highest BCUT2D eigenvalue weighted by molar-refractivity contribution is 5.80. The fraction of sp³-hybridized carbons (Fsp3) is 0.450. The molecule has 0 bridgehead atoms. The number of hydrogen-bond donors (Lipinski definition) is 0. The van der Waals surface area contributed by atoms with Crippen LogP contribution < -0.4 is 4.90 Å². The van der Waals surface area contributed by atoms with Crippen molar-refractivity contribution in [1.29, 1.82) is 0 Å². The third kappa shape index (κ3) is 3.36. The van der Waals surface area contributed by atoms with Gasteiger partial charge in [0, 0.05) is 32.0 Å². The molecule has 2 aliphatic heterocycles. The standard InChI is InChI=1S/C20H24N4O/c25-19(24-14-5-10-18(24)16-7-2-1-3-8-16)17-9-4-13-23(15-17)20-21-11-6-12-22-20/h1-3,6-8,11-12,17-18H,4-5,9-10,13-15H2/t17-,18+/m1/s1. The molecule has 0 unspecified atom stereocenters. The first-order valence-electron chi connectivity index (χ1n) is 9.20. The summed E-state index contributed by atoms with van der Waals surface area (Å²) in [6.07, 6.45) is 7.65. The number of nitrogens with zero attached hydrogens (tertiary/aromatic N) is 4. The molecule has 3 heterocycles. The van der Waals surface area contributed by atoms with E-state index in [1.54, 1.807) is 12.4 Å². The molecule has 0 aliphatic carbocycles. The lowest BCUT2D eigenvalue weighted by molar-refractivity contribution is -0.136. The van der Waals surface area contributed by atoms with E-state index < -0.39 is 0 Å². The van der Waals surface area contributed by atoms with Gasteiger partial charge in [-0.15, -0.1) is 0 Å². The SMILES string of the molecule is O=C([C@@H]1CCCN(c2ncccn2)C1)N1CCC[C@H]1c1ccccc1. The Balaban J connectivity index is 1.48. The number of aromatic nitrogens is 2. The van der Waals surface area contributed by atoms with Gasteiger partial charge in [0.15, 0.2) is 0 Å². The molecule has 2 saturated heterocycles. The second-order valence-electron chi connectivity index (χ2n) is 6.93.